The van der Waals surface area contributed by atoms with E-state index in [0.717, 1.165) is 5.56 Å². The third-order valence-corrected chi connectivity index (χ3v) is 3.58. The van der Waals surface area contributed by atoms with Crippen molar-refractivity contribution in [3.05, 3.63) is 48.6 Å². The molecule has 0 aliphatic carbocycles. The molecule has 0 unspecified atom stereocenters. The van der Waals surface area contributed by atoms with E-state index in [2.05, 4.69) is 6.58 Å². The second-order valence-electron chi connectivity index (χ2n) is 5.09. The molecule has 1 saturated heterocycles. The molecule has 3 atom stereocenters. The molecule has 0 saturated carbocycles. The van der Waals surface area contributed by atoms with Gasteiger partial charge in [-0.1, -0.05) is 43.3 Å². The van der Waals surface area contributed by atoms with Gasteiger partial charge in [-0.3, -0.25) is 4.79 Å². The number of allylic oxidation sites excluding steroid dienone is 1. The number of cyclic esters (lactones) is 1. The maximum absolute atomic E-state index is 12.3. The SMILES string of the molecule is C=CC[C@H](C)C(=O)N1C(=O)O[C@@H](c2ccccc2)[C@H]1C. The van der Waals surface area contributed by atoms with Crippen molar-refractivity contribution in [1.29, 1.82) is 0 Å². The minimum Gasteiger partial charge on any atom is -0.439 e. The first kappa shape index (κ1) is 14.3. The molecular formula is C16H19NO3. The van der Waals surface area contributed by atoms with E-state index in [0.29, 0.717) is 6.42 Å². The number of ether oxygens (including phenoxy) is 1. The van der Waals surface area contributed by atoms with Gasteiger partial charge < -0.3 is 4.74 Å². The average Bonchev–Trinajstić information content (AvgIpc) is 2.74. The van der Waals surface area contributed by atoms with Gasteiger partial charge in [0.15, 0.2) is 0 Å². The Morgan fingerprint density at radius 3 is 2.70 bits per heavy atom. The number of benzene rings is 1. The molecule has 0 spiro atoms. The second kappa shape index (κ2) is 5.90. The Hall–Kier alpha value is -2.10. The molecule has 20 heavy (non-hydrogen) atoms. The molecular weight excluding hydrogens is 254 g/mol. The zero-order chi connectivity index (χ0) is 14.7. The van der Waals surface area contributed by atoms with Gasteiger partial charge in [-0.05, 0) is 18.9 Å². The first-order chi connectivity index (χ1) is 9.56. The third kappa shape index (κ3) is 2.59. The summed E-state index contributed by atoms with van der Waals surface area (Å²) < 4.78 is 5.36. The summed E-state index contributed by atoms with van der Waals surface area (Å²) in [6, 6.07) is 9.18. The Kier molecular flexibility index (Phi) is 4.23. The number of carbonyl (C=O) groups excluding carboxylic acids is 2. The van der Waals surface area contributed by atoms with Gasteiger partial charge in [0, 0.05) is 5.92 Å². The first-order valence-corrected chi connectivity index (χ1v) is 6.75. The lowest BCUT2D eigenvalue weighted by molar-refractivity contribution is -0.132. The molecule has 2 rings (SSSR count). The van der Waals surface area contributed by atoms with E-state index in [1.165, 1.54) is 4.90 Å². The highest BCUT2D eigenvalue weighted by atomic mass is 16.6. The summed E-state index contributed by atoms with van der Waals surface area (Å²) in [6.07, 6.45) is 1.27. The van der Waals surface area contributed by atoms with Crippen molar-refractivity contribution in [2.24, 2.45) is 5.92 Å². The standard InChI is InChI=1S/C16H19NO3/c1-4-8-11(2)15(18)17-12(3)14(20-16(17)19)13-9-6-5-7-10-13/h4-7,9-12,14H,1,8H2,2-3H3/t11-,12+,14+/m0/s1. The van der Waals surface area contributed by atoms with Crippen LogP contribution in [0.2, 0.25) is 0 Å². The molecule has 4 heteroatoms. The Morgan fingerprint density at radius 2 is 2.10 bits per heavy atom. The zero-order valence-electron chi connectivity index (χ0n) is 11.8. The molecule has 0 aromatic heterocycles. The minimum absolute atomic E-state index is 0.208. The fraction of sp³-hybridized carbons (Fsp3) is 0.375. The monoisotopic (exact) mass is 273 g/mol. The quantitative estimate of drug-likeness (QED) is 0.791. The number of amides is 2. The van der Waals surface area contributed by atoms with Crippen molar-refractivity contribution in [3.8, 4) is 0 Å². The van der Waals surface area contributed by atoms with Crippen molar-refractivity contribution in [1.82, 2.24) is 4.90 Å². The molecule has 106 valence electrons. The van der Waals surface area contributed by atoms with E-state index in [1.54, 1.807) is 13.0 Å². The number of carbonyl (C=O) groups is 2. The summed E-state index contributed by atoms with van der Waals surface area (Å²) in [7, 11) is 0. The maximum atomic E-state index is 12.3. The largest absolute Gasteiger partial charge is 0.439 e. The van der Waals surface area contributed by atoms with E-state index < -0.39 is 12.2 Å². The van der Waals surface area contributed by atoms with Gasteiger partial charge in [0.2, 0.25) is 5.91 Å². The molecule has 1 aromatic carbocycles. The van der Waals surface area contributed by atoms with E-state index in [9.17, 15) is 9.59 Å². The predicted molar refractivity (Wildman–Crippen MR) is 76.0 cm³/mol. The van der Waals surface area contributed by atoms with Crippen molar-refractivity contribution in [3.63, 3.8) is 0 Å². The highest BCUT2D eigenvalue weighted by Gasteiger charge is 2.44. The lowest BCUT2D eigenvalue weighted by Gasteiger charge is -2.21. The summed E-state index contributed by atoms with van der Waals surface area (Å²) in [4.78, 5) is 25.5. The molecule has 2 amide bonds. The Morgan fingerprint density at radius 1 is 1.45 bits per heavy atom. The molecule has 0 bridgehead atoms. The van der Waals surface area contributed by atoms with Crippen molar-refractivity contribution in [2.45, 2.75) is 32.4 Å². The molecule has 1 aliphatic heterocycles. The van der Waals surface area contributed by atoms with Crippen LogP contribution in [0.3, 0.4) is 0 Å². The highest BCUT2D eigenvalue weighted by Crippen LogP contribution is 2.33. The van der Waals surface area contributed by atoms with E-state index in [1.807, 2.05) is 37.3 Å². The van der Waals surface area contributed by atoms with Gasteiger partial charge in [0.05, 0.1) is 6.04 Å². The van der Waals surface area contributed by atoms with Gasteiger partial charge in [0.25, 0.3) is 0 Å². The Labute approximate surface area is 119 Å². The van der Waals surface area contributed by atoms with Gasteiger partial charge in [0.1, 0.15) is 6.10 Å². The minimum atomic E-state index is -0.563. The molecule has 0 N–H and O–H groups in total. The van der Waals surface area contributed by atoms with Gasteiger partial charge >= 0.3 is 6.09 Å². The van der Waals surface area contributed by atoms with E-state index in [4.69, 9.17) is 4.74 Å². The summed E-state index contributed by atoms with van der Waals surface area (Å²) in [5.74, 6) is -0.474. The van der Waals surface area contributed by atoms with Crippen LogP contribution >= 0.6 is 0 Å². The van der Waals surface area contributed by atoms with Crippen LogP contribution in [-0.2, 0) is 9.53 Å². The van der Waals surface area contributed by atoms with Crippen molar-refractivity contribution >= 4 is 12.0 Å². The molecule has 0 radical (unpaired) electrons. The number of nitrogens with zero attached hydrogens (tertiary/aromatic N) is 1. The van der Waals surface area contributed by atoms with Gasteiger partial charge in [-0.15, -0.1) is 6.58 Å². The molecule has 1 heterocycles. The molecule has 1 fully saturated rings. The number of hydrogen-bond acceptors (Lipinski definition) is 3. The number of rotatable bonds is 4. The van der Waals surface area contributed by atoms with Crippen LogP contribution in [0.25, 0.3) is 0 Å². The zero-order valence-corrected chi connectivity index (χ0v) is 11.8. The van der Waals surface area contributed by atoms with Crippen molar-refractivity contribution in [2.75, 3.05) is 0 Å². The smallest absolute Gasteiger partial charge is 0.417 e. The molecule has 1 aromatic rings. The van der Waals surface area contributed by atoms with E-state index >= 15 is 0 Å². The summed E-state index contributed by atoms with van der Waals surface area (Å²) in [6.45, 7) is 7.25. The third-order valence-electron chi connectivity index (χ3n) is 3.58. The summed E-state index contributed by atoms with van der Waals surface area (Å²) >= 11 is 0. The summed E-state index contributed by atoms with van der Waals surface area (Å²) in [5, 5.41) is 0. The van der Waals surface area contributed by atoms with Gasteiger partial charge in [-0.2, -0.15) is 0 Å². The lowest BCUT2D eigenvalue weighted by atomic mass is 10.0. The topological polar surface area (TPSA) is 46.6 Å². The van der Waals surface area contributed by atoms with Crippen LogP contribution < -0.4 is 0 Å². The van der Waals surface area contributed by atoms with Crippen LogP contribution in [0.5, 0.6) is 0 Å². The number of imide groups is 1. The first-order valence-electron chi connectivity index (χ1n) is 6.75. The normalized spacial score (nSPS) is 23.3. The molecule has 1 aliphatic rings. The summed E-state index contributed by atoms with van der Waals surface area (Å²) in [5.41, 5.74) is 0.903. The van der Waals surface area contributed by atoms with Crippen LogP contribution in [0, 0.1) is 5.92 Å². The Bertz CT molecular complexity index is 512. The predicted octanol–water partition coefficient (Wildman–Crippen LogP) is 3.31. The van der Waals surface area contributed by atoms with Crippen LogP contribution in [0.1, 0.15) is 31.9 Å². The lowest BCUT2D eigenvalue weighted by Crippen LogP contribution is -2.40. The van der Waals surface area contributed by atoms with Crippen LogP contribution in [-0.4, -0.2) is 22.9 Å². The fourth-order valence-corrected chi connectivity index (χ4v) is 2.43. The number of hydrogen-bond donors (Lipinski definition) is 0. The maximum Gasteiger partial charge on any atom is 0.417 e. The highest BCUT2D eigenvalue weighted by molar-refractivity contribution is 5.95. The fourth-order valence-electron chi connectivity index (χ4n) is 2.43. The van der Waals surface area contributed by atoms with Crippen LogP contribution in [0.15, 0.2) is 43.0 Å². The second-order valence-corrected chi connectivity index (χ2v) is 5.09. The van der Waals surface area contributed by atoms with Crippen molar-refractivity contribution < 1.29 is 14.3 Å². The van der Waals surface area contributed by atoms with Crippen LogP contribution in [0.4, 0.5) is 4.79 Å². The average molecular weight is 273 g/mol. The van der Waals surface area contributed by atoms with Gasteiger partial charge in [-0.25, -0.2) is 9.69 Å². The van der Waals surface area contributed by atoms with E-state index in [-0.39, 0.29) is 17.9 Å². The molecule has 4 nitrogen and oxygen atoms in total. The Balaban J connectivity index is 2.19.